The molecule has 3 heteroatoms. The number of Topliss-reactive ketones (excluding diaryl/α,β-unsaturated/α-hetero) is 1. The molecule has 0 aliphatic heterocycles. The topological polar surface area (TPSA) is 46.2 Å². The Bertz CT molecular complexity index is 187. The fourth-order valence-electron chi connectivity index (χ4n) is 0.901. The van der Waals surface area contributed by atoms with Crippen molar-refractivity contribution in [1.82, 2.24) is 5.32 Å². The molecule has 1 N–H and O–H groups in total. The molecule has 0 spiro atoms. The molecular formula is C10H19NO2. The van der Waals surface area contributed by atoms with Crippen molar-refractivity contribution in [2.24, 2.45) is 5.92 Å². The predicted molar refractivity (Wildman–Crippen MR) is 52.4 cm³/mol. The van der Waals surface area contributed by atoms with Crippen molar-refractivity contribution in [2.75, 3.05) is 0 Å². The summed E-state index contributed by atoms with van der Waals surface area (Å²) < 4.78 is 0. The Labute approximate surface area is 79.9 Å². The molecule has 1 unspecified atom stereocenters. The molecule has 0 bridgehead atoms. The third kappa shape index (κ3) is 6.31. The van der Waals surface area contributed by atoms with Gasteiger partial charge in [0.2, 0.25) is 5.91 Å². The Hall–Kier alpha value is -0.860. The van der Waals surface area contributed by atoms with Crippen molar-refractivity contribution in [2.45, 2.75) is 46.6 Å². The summed E-state index contributed by atoms with van der Waals surface area (Å²) in [6, 6.07) is 0.0961. The molecule has 0 radical (unpaired) electrons. The van der Waals surface area contributed by atoms with E-state index >= 15 is 0 Å². The van der Waals surface area contributed by atoms with E-state index in [0.29, 0.717) is 6.42 Å². The highest BCUT2D eigenvalue weighted by atomic mass is 16.2. The molecule has 0 aromatic carbocycles. The molecule has 1 atom stereocenters. The van der Waals surface area contributed by atoms with Crippen LogP contribution in [0, 0.1) is 5.92 Å². The minimum Gasteiger partial charge on any atom is -0.353 e. The van der Waals surface area contributed by atoms with Gasteiger partial charge in [-0.2, -0.15) is 0 Å². The summed E-state index contributed by atoms with van der Waals surface area (Å²) >= 11 is 0. The molecule has 0 aliphatic rings. The summed E-state index contributed by atoms with van der Waals surface area (Å²) in [4.78, 5) is 21.9. The number of nitrogens with one attached hydrogen (secondary N) is 1. The maximum atomic E-state index is 11.2. The Morgan fingerprint density at radius 2 is 1.77 bits per heavy atom. The van der Waals surface area contributed by atoms with Gasteiger partial charge >= 0.3 is 0 Å². The normalized spacial score (nSPS) is 12.7. The minimum absolute atomic E-state index is 0.0137. The number of hydrogen-bond donors (Lipinski definition) is 1. The lowest BCUT2D eigenvalue weighted by Gasteiger charge is -2.14. The minimum atomic E-state index is 0.0137. The van der Waals surface area contributed by atoms with Gasteiger partial charge in [0.25, 0.3) is 0 Å². The zero-order valence-corrected chi connectivity index (χ0v) is 8.89. The van der Waals surface area contributed by atoms with E-state index in [1.54, 1.807) is 6.92 Å². The Balaban J connectivity index is 3.68. The monoisotopic (exact) mass is 185 g/mol. The quantitative estimate of drug-likeness (QED) is 0.705. The molecule has 13 heavy (non-hydrogen) atoms. The molecule has 0 aliphatic carbocycles. The fraction of sp³-hybridized carbons (Fsp3) is 0.800. The van der Waals surface area contributed by atoms with Gasteiger partial charge in [0.15, 0.2) is 0 Å². The van der Waals surface area contributed by atoms with Crippen LogP contribution in [0.1, 0.15) is 40.5 Å². The molecular weight excluding hydrogens is 166 g/mol. The summed E-state index contributed by atoms with van der Waals surface area (Å²) in [5, 5.41) is 2.84. The Morgan fingerprint density at radius 1 is 1.23 bits per heavy atom. The smallest absolute Gasteiger partial charge is 0.222 e. The van der Waals surface area contributed by atoms with Crippen LogP contribution >= 0.6 is 0 Å². The number of carbonyl (C=O) groups excluding carboxylic acids is 2. The lowest BCUT2D eigenvalue weighted by Crippen LogP contribution is -2.35. The van der Waals surface area contributed by atoms with Crippen molar-refractivity contribution in [3.8, 4) is 0 Å². The zero-order chi connectivity index (χ0) is 10.4. The van der Waals surface area contributed by atoms with Crippen LogP contribution in [0.15, 0.2) is 0 Å². The maximum Gasteiger partial charge on any atom is 0.222 e. The molecule has 0 saturated heterocycles. The maximum absolute atomic E-state index is 11.2. The molecule has 3 nitrogen and oxygen atoms in total. The third-order valence-electron chi connectivity index (χ3n) is 1.84. The molecule has 1 amide bonds. The van der Waals surface area contributed by atoms with E-state index in [1.165, 1.54) is 0 Å². The zero-order valence-electron chi connectivity index (χ0n) is 8.89. The van der Waals surface area contributed by atoms with Crippen molar-refractivity contribution in [1.29, 1.82) is 0 Å². The van der Waals surface area contributed by atoms with Crippen LogP contribution < -0.4 is 5.32 Å². The molecule has 0 heterocycles. The van der Waals surface area contributed by atoms with Gasteiger partial charge in [0.05, 0.1) is 0 Å². The largest absolute Gasteiger partial charge is 0.353 e. The van der Waals surface area contributed by atoms with Crippen LogP contribution in [0.2, 0.25) is 0 Å². The van der Waals surface area contributed by atoms with Crippen molar-refractivity contribution in [3.05, 3.63) is 0 Å². The van der Waals surface area contributed by atoms with Crippen LogP contribution in [-0.4, -0.2) is 17.7 Å². The predicted octanol–water partition coefficient (Wildman–Crippen LogP) is 1.52. The number of hydrogen-bond acceptors (Lipinski definition) is 2. The highest BCUT2D eigenvalue weighted by molar-refractivity contribution is 5.78. The standard InChI is InChI=1S/C10H19NO2/c1-7(2)10(13)11-8(3)5-6-9(4)12/h7-8H,5-6H2,1-4H3,(H,11,13). The lowest BCUT2D eigenvalue weighted by molar-refractivity contribution is -0.125. The molecule has 76 valence electrons. The second kappa shape index (κ2) is 5.73. The van der Waals surface area contributed by atoms with Crippen molar-refractivity contribution >= 4 is 11.7 Å². The highest BCUT2D eigenvalue weighted by Crippen LogP contribution is 1.99. The van der Waals surface area contributed by atoms with Crippen LogP contribution in [0.5, 0.6) is 0 Å². The first kappa shape index (κ1) is 12.1. The first-order chi connectivity index (χ1) is 5.93. The summed E-state index contributed by atoms with van der Waals surface area (Å²) in [7, 11) is 0. The van der Waals surface area contributed by atoms with Gasteiger partial charge in [-0.25, -0.2) is 0 Å². The molecule has 0 rings (SSSR count). The molecule has 0 aromatic rings. The number of amides is 1. The van der Waals surface area contributed by atoms with E-state index in [4.69, 9.17) is 0 Å². The molecule has 0 fully saturated rings. The van der Waals surface area contributed by atoms with Gasteiger partial charge in [-0.3, -0.25) is 4.79 Å². The third-order valence-corrected chi connectivity index (χ3v) is 1.84. The van der Waals surface area contributed by atoms with Crippen LogP contribution in [0.3, 0.4) is 0 Å². The molecule has 0 saturated carbocycles. The lowest BCUT2D eigenvalue weighted by atomic mass is 10.1. The van der Waals surface area contributed by atoms with Crippen molar-refractivity contribution < 1.29 is 9.59 Å². The summed E-state index contributed by atoms with van der Waals surface area (Å²) in [6.45, 7) is 7.19. The van der Waals surface area contributed by atoms with Gasteiger partial charge < -0.3 is 10.1 Å². The number of rotatable bonds is 5. The second-order valence-corrected chi connectivity index (χ2v) is 3.81. The van der Waals surface area contributed by atoms with Gasteiger partial charge in [-0.15, -0.1) is 0 Å². The van der Waals surface area contributed by atoms with E-state index in [2.05, 4.69) is 5.32 Å². The fourth-order valence-corrected chi connectivity index (χ4v) is 0.901. The van der Waals surface area contributed by atoms with Crippen LogP contribution in [-0.2, 0) is 9.59 Å². The second-order valence-electron chi connectivity index (χ2n) is 3.81. The number of ketones is 1. The summed E-state index contributed by atoms with van der Waals surface area (Å²) in [5.41, 5.74) is 0. The van der Waals surface area contributed by atoms with Crippen LogP contribution in [0.4, 0.5) is 0 Å². The Kier molecular flexibility index (Phi) is 5.35. The van der Waals surface area contributed by atoms with Gasteiger partial charge in [-0.1, -0.05) is 13.8 Å². The van der Waals surface area contributed by atoms with Gasteiger partial charge in [0.1, 0.15) is 5.78 Å². The molecule has 0 aromatic heterocycles. The van der Waals surface area contributed by atoms with E-state index in [9.17, 15) is 9.59 Å². The van der Waals surface area contributed by atoms with E-state index in [1.807, 2.05) is 20.8 Å². The van der Waals surface area contributed by atoms with E-state index < -0.39 is 0 Å². The first-order valence-corrected chi connectivity index (χ1v) is 4.73. The summed E-state index contributed by atoms with van der Waals surface area (Å²) in [6.07, 6.45) is 1.27. The van der Waals surface area contributed by atoms with E-state index in [0.717, 1.165) is 6.42 Å². The van der Waals surface area contributed by atoms with Gasteiger partial charge in [0, 0.05) is 18.4 Å². The Morgan fingerprint density at radius 3 is 2.15 bits per heavy atom. The van der Waals surface area contributed by atoms with Gasteiger partial charge in [-0.05, 0) is 20.3 Å². The van der Waals surface area contributed by atoms with Crippen molar-refractivity contribution in [3.63, 3.8) is 0 Å². The average Bonchev–Trinajstić information content (AvgIpc) is 2.00. The summed E-state index contributed by atoms with van der Waals surface area (Å²) in [5.74, 6) is 0.237. The number of carbonyl (C=O) groups is 2. The average molecular weight is 185 g/mol. The van der Waals surface area contributed by atoms with Crippen LogP contribution in [0.25, 0.3) is 0 Å². The first-order valence-electron chi connectivity index (χ1n) is 4.73. The van der Waals surface area contributed by atoms with E-state index in [-0.39, 0.29) is 23.7 Å². The highest BCUT2D eigenvalue weighted by Gasteiger charge is 2.10. The SMILES string of the molecule is CC(=O)CCC(C)NC(=O)C(C)C.